The minimum Gasteiger partial charge on any atom is -0.355 e. The van der Waals surface area contributed by atoms with Crippen LogP contribution >= 0.6 is 0 Å². The normalized spacial score (nSPS) is 14.3. The van der Waals surface area contributed by atoms with Crippen LogP contribution in [0, 0.1) is 0 Å². The molecule has 5 bridgehead atoms. The standard InChI is InChI=1S/C11H7N/c1-6-2-8-4-7(1)9-5-10(8)12-11(9)3-6/h1,3-5,12H,2H2. The summed E-state index contributed by atoms with van der Waals surface area (Å²) in [5, 5.41) is 2.79. The molecular weight excluding hydrogens is 146 g/mol. The average molecular weight is 153 g/mol. The van der Waals surface area contributed by atoms with E-state index in [1.54, 1.807) is 0 Å². The Balaban J connectivity index is 2.61. The summed E-state index contributed by atoms with van der Waals surface area (Å²) in [6, 6.07) is 9.13. The third kappa shape index (κ3) is 0.402. The molecule has 0 fully saturated rings. The highest BCUT2D eigenvalue weighted by molar-refractivity contribution is 6.04. The third-order valence-electron chi connectivity index (χ3n) is 2.90. The number of hydrogen-bond acceptors (Lipinski definition) is 0. The molecule has 0 atom stereocenters. The lowest BCUT2D eigenvalue weighted by atomic mass is 9.94. The van der Waals surface area contributed by atoms with Gasteiger partial charge in [0, 0.05) is 16.4 Å². The van der Waals surface area contributed by atoms with Crippen molar-refractivity contribution in [2.24, 2.45) is 0 Å². The molecule has 0 radical (unpaired) electrons. The number of H-pyrrole nitrogens is 1. The van der Waals surface area contributed by atoms with Gasteiger partial charge in [-0.1, -0.05) is 6.07 Å². The van der Waals surface area contributed by atoms with Crippen molar-refractivity contribution in [3.8, 4) is 0 Å². The summed E-state index contributed by atoms with van der Waals surface area (Å²) >= 11 is 0. The Morgan fingerprint density at radius 1 is 1.00 bits per heavy atom. The Morgan fingerprint density at radius 3 is 3.00 bits per heavy atom. The number of aromatic amines is 1. The van der Waals surface area contributed by atoms with E-state index in [0.29, 0.717) is 0 Å². The first-order chi connectivity index (χ1) is 5.90. The van der Waals surface area contributed by atoms with Crippen LogP contribution in [-0.4, -0.2) is 4.98 Å². The van der Waals surface area contributed by atoms with E-state index < -0.39 is 0 Å². The summed E-state index contributed by atoms with van der Waals surface area (Å²) in [6.45, 7) is 0. The molecule has 1 aliphatic carbocycles. The molecule has 1 heterocycles. The first-order valence-corrected chi connectivity index (χ1v) is 4.27. The first-order valence-electron chi connectivity index (χ1n) is 4.27. The number of benzene rings is 2. The smallest absolute Gasteiger partial charge is 0.0467 e. The number of nitrogens with one attached hydrogen (secondary N) is 1. The van der Waals surface area contributed by atoms with Crippen LogP contribution in [0.3, 0.4) is 0 Å². The summed E-state index contributed by atoms with van der Waals surface area (Å²) in [4.78, 5) is 3.43. The van der Waals surface area contributed by atoms with Crippen LogP contribution in [-0.2, 0) is 6.42 Å². The van der Waals surface area contributed by atoms with Crippen molar-refractivity contribution < 1.29 is 0 Å². The number of rotatable bonds is 0. The molecule has 4 rings (SSSR count). The summed E-state index contributed by atoms with van der Waals surface area (Å²) in [7, 11) is 0. The lowest BCUT2D eigenvalue weighted by Gasteiger charge is -2.09. The van der Waals surface area contributed by atoms with Crippen molar-refractivity contribution in [1.82, 2.24) is 4.98 Å². The molecule has 12 heavy (non-hydrogen) atoms. The summed E-state index contributed by atoms with van der Waals surface area (Å²) in [5.41, 5.74) is 5.54. The van der Waals surface area contributed by atoms with Crippen molar-refractivity contribution in [1.29, 1.82) is 0 Å². The van der Waals surface area contributed by atoms with Gasteiger partial charge in [-0.2, -0.15) is 0 Å². The largest absolute Gasteiger partial charge is 0.355 e. The Bertz CT molecular complexity index is 565. The maximum absolute atomic E-state index is 3.43. The van der Waals surface area contributed by atoms with E-state index in [1.807, 2.05) is 0 Å². The molecule has 2 aromatic carbocycles. The van der Waals surface area contributed by atoms with Gasteiger partial charge in [0.15, 0.2) is 0 Å². The predicted molar refractivity (Wildman–Crippen MR) is 49.8 cm³/mol. The average Bonchev–Trinajstić information content (AvgIpc) is 2.39. The van der Waals surface area contributed by atoms with Crippen LogP contribution in [0.2, 0.25) is 0 Å². The van der Waals surface area contributed by atoms with Gasteiger partial charge in [-0.05, 0) is 41.1 Å². The van der Waals surface area contributed by atoms with Gasteiger partial charge >= 0.3 is 0 Å². The monoisotopic (exact) mass is 153 g/mol. The minimum atomic E-state index is 1.11. The van der Waals surface area contributed by atoms with Gasteiger partial charge in [0.05, 0.1) is 0 Å². The Kier molecular flexibility index (Phi) is 0.587. The molecule has 0 amide bonds. The molecule has 0 spiro atoms. The van der Waals surface area contributed by atoms with E-state index >= 15 is 0 Å². The molecule has 0 unspecified atom stereocenters. The second kappa shape index (κ2) is 1.36. The zero-order valence-electron chi connectivity index (χ0n) is 6.52. The number of hydrogen-bond donors (Lipinski definition) is 1. The van der Waals surface area contributed by atoms with E-state index in [-0.39, 0.29) is 0 Å². The zero-order valence-corrected chi connectivity index (χ0v) is 6.52. The predicted octanol–water partition coefficient (Wildman–Crippen LogP) is 2.66. The molecule has 0 saturated carbocycles. The van der Waals surface area contributed by atoms with Gasteiger partial charge in [-0.25, -0.2) is 0 Å². The van der Waals surface area contributed by atoms with Gasteiger partial charge in [0.1, 0.15) is 0 Å². The fourth-order valence-corrected chi connectivity index (χ4v) is 2.35. The van der Waals surface area contributed by atoms with E-state index in [4.69, 9.17) is 0 Å². The van der Waals surface area contributed by atoms with E-state index in [0.717, 1.165) is 6.42 Å². The molecule has 0 saturated heterocycles. The fourth-order valence-electron chi connectivity index (χ4n) is 2.35. The van der Waals surface area contributed by atoms with Crippen LogP contribution in [0.5, 0.6) is 0 Å². The van der Waals surface area contributed by atoms with Gasteiger partial charge < -0.3 is 4.98 Å². The molecule has 1 heteroatoms. The highest BCUT2D eigenvalue weighted by atomic mass is 14.7. The molecule has 0 aliphatic heterocycles. The Morgan fingerprint density at radius 2 is 2.00 bits per heavy atom. The van der Waals surface area contributed by atoms with Crippen molar-refractivity contribution >= 4 is 21.8 Å². The first kappa shape index (κ1) is 5.20. The van der Waals surface area contributed by atoms with Crippen LogP contribution in [0.15, 0.2) is 24.3 Å². The van der Waals surface area contributed by atoms with Crippen LogP contribution in [0.25, 0.3) is 21.8 Å². The zero-order chi connectivity index (χ0) is 7.71. The van der Waals surface area contributed by atoms with E-state index in [2.05, 4.69) is 29.2 Å². The van der Waals surface area contributed by atoms with Gasteiger partial charge in [0.2, 0.25) is 0 Å². The third-order valence-corrected chi connectivity index (χ3v) is 2.90. The van der Waals surface area contributed by atoms with Crippen LogP contribution in [0.4, 0.5) is 0 Å². The molecular formula is C11H7N. The highest BCUT2D eigenvalue weighted by Crippen LogP contribution is 2.34. The summed E-state index contributed by atoms with van der Waals surface area (Å²) < 4.78 is 0. The minimum absolute atomic E-state index is 1.11. The van der Waals surface area contributed by atoms with Crippen molar-refractivity contribution in [3.05, 3.63) is 35.4 Å². The summed E-state index contributed by atoms with van der Waals surface area (Å²) in [6.07, 6.45) is 1.11. The molecule has 1 aromatic heterocycles. The fraction of sp³-hybridized carbons (Fsp3) is 0.0909. The van der Waals surface area contributed by atoms with Crippen LogP contribution in [0.1, 0.15) is 11.1 Å². The summed E-state index contributed by atoms with van der Waals surface area (Å²) in [5.74, 6) is 0. The molecule has 3 aromatic rings. The molecule has 1 N–H and O–H groups in total. The van der Waals surface area contributed by atoms with Crippen LogP contribution < -0.4 is 0 Å². The van der Waals surface area contributed by atoms with Crippen molar-refractivity contribution in [3.63, 3.8) is 0 Å². The van der Waals surface area contributed by atoms with Crippen molar-refractivity contribution in [2.45, 2.75) is 6.42 Å². The van der Waals surface area contributed by atoms with E-state index in [9.17, 15) is 0 Å². The SMILES string of the molecule is c1c2cc3[nH]c4cc3c1cc4C2. The van der Waals surface area contributed by atoms with Gasteiger partial charge in [0.25, 0.3) is 0 Å². The second-order valence-corrected chi connectivity index (χ2v) is 3.68. The lowest BCUT2D eigenvalue weighted by Crippen LogP contribution is -1.92. The maximum Gasteiger partial charge on any atom is 0.0467 e. The van der Waals surface area contributed by atoms with E-state index in [1.165, 1.54) is 32.9 Å². The van der Waals surface area contributed by atoms with Crippen molar-refractivity contribution in [2.75, 3.05) is 0 Å². The molecule has 56 valence electrons. The highest BCUT2D eigenvalue weighted by Gasteiger charge is 2.14. The molecule has 1 aliphatic rings. The second-order valence-electron chi connectivity index (χ2n) is 3.68. The Labute approximate surface area is 69.3 Å². The number of fused-ring (bicyclic) bond motifs is 4. The number of aromatic nitrogens is 1. The lowest BCUT2D eigenvalue weighted by molar-refractivity contribution is 1.21. The molecule has 1 nitrogen and oxygen atoms in total. The van der Waals surface area contributed by atoms with Gasteiger partial charge in [-0.15, -0.1) is 0 Å². The topological polar surface area (TPSA) is 15.8 Å². The van der Waals surface area contributed by atoms with Gasteiger partial charge in [-0.3, -0.25) is 0 Å². The maximum atomic E-state index is 3.43. The quantitative estimate of drug-likeness (QED) is 0.399. The Hall–Kier alpha value is -1.50.